The van der Waals surface area contributed by atoms with Gasteiger partial charge < -0.3 is 24.4 Å². The van der Waals surface area contributed by atoms with Crippen LogP contribution in [0.15, 0.2) is 66.8 Å². The molecule has 0 aliphatic carbocycles. The highest BCUT2D eigenvalue weighted by Gasteiger charge is 2.45. The molecule has 1 aliphatic rings. The van der Waals surface area contributed by atoms with Crippen LogP contribution in [-0.2, 0) is 9.59 Å². The van der Waals surface area contributed by atoms with Crippen molar-refractivity contribution >= 4 is 17.4 Å². The van der Waals surface area contributed by atoms with Crippen molar-refractivity contribution in [3.05, 3.63) is 77.9 Å². The average Bonchev–Trinajstić information content (AvgIpc) is 3.13. The Kier molecular flexibility index (Phi) is 9.09. The maximum Gasteiger partial charge on any atom is 0.295 e. The summed E-state index contributed by atoms with van der Waals surface area (Å²) in [5.74, 6) is -0.182. The van der Waals surface area contributed by atoms with E-state index < -0.39 is 17.7 Å². The number of likely N-dealkylation sites (N-methyl/N-ethyl adjacent to an activating group) is 1. The van der Waals surface area contributed by atoms with Crippen molar-refractivity contribution in [2.75, 3.05) is 39.4 Å². The molecule has 0 aromatic heterocycles. The highest BCUT2D eigenvalue weighted by Crippen LogP contribution is 2.39. The Morgan fingerprint density at radius 3 is 2.17 bits per heavy atom. The number of amides is 1. The van der Waals surface area contributed by atoms with Gasteiger partial charge in [0.1, 0.15) is 23.9 Å². The second-order valence-electron chi connectivity index (χ2n) is 8.15. The van der Waals surface area contributed by atoms with Crippen molar-refractivity contribution in [3.63, 3.8) is 0 Å². The first-order valence-electron chi connectivity index (χ1n) is 12.0. The second kappa shape index (κ2) is 12.2. The normalized spacial score (nSPS) is 17.1. The van der Waals surface area contributed by atoms with Gasteiger partial charge in [0, 0.05) is 18.7 Å². The molecule has 186 valence electrons. The van der Waals surface area contributed by atoms with E-state index in [-0.39, 0.29) is 11.3 Å². The fourth-order valence-electron chi connectivity index (χ4n) is 4.18. The minimum absolute atomic E-state index is 0.0819. The van der Waals surface area contributed by atoms with Crippen molar-refractivity contribution in [2.45, 2.75) is 26.8 Å². The molecule has 7 nitrogen and oxygen atoms in total. The van der Waals surface area contributed by atoms with Crippen LogP contribution in [0.1, 0.15) is 37.9 Å². The first-order valence-corrected chi connectivity index (χ1v) is 12.0. The number of rotatable bonds is 12. The van der Waals surface area contributed by atoms with E-state index in [1.165, 1.54) is 0 Å². The molecule has 1 unspecified atom stereocenters. The lowest BCUT2D eigenvalue weighted by molar-refractivity contribution is -0.140. The van der Waals surface area contributed by atoms with Crippen LogP contribution in [0.4, 0.5) is 0 Å². The van der Waals surface area contributed by atoms with E-state index in [0.29, 0.717) is 43.4 Å². The minimum atomic E-state index is -0.703. The van der Waals surface area contributed by atoms with Crippen LogP contribution in [0.25, 0.3) is 5.76 Å². The van der Waals surface area contributed by atoms with Gasteiger partial charge >= 0.3 is 0 Å². The zero-order valence-corrected chi connectivity index (χ0v) is 20.7. The fourth-order valence-corrected chi connectivity index (χ4v) is 4.18. The van der Waals surface area contributed by atoms with Crippen molar-refractivity contribution < 1.29 is 24.2 Å². The van der Waals surface area contributed by atoms with Gasteiger partial charge in [-0.25, -0.2) is 0 Å². The zero-order valence-electron chi connectivity index (χ0n) is 20.7. The minimum Gasteiger partial charge on any atom is -0.507 e. The third-order valence-electron chi connectivity index (χ3n) is 6.09. The standard InChI is InChI=1S/C28H34N2O5/c1-5-19-35-23-13-9-20(10-14-23)25-24(26(31)21-11-15-22(16-12-21)34-8-4)27(32)28(33)30(25)18-17-29(6-2)7-3/h5,9-16,25,31H,1,6-8,17-19H2,2-4H3/b26-24-. The summed E-state index contributed by atoms with van der Waals surface area (Å²) in [6.07, 6.45) is 1.66. The predicted octanol–water partition coefficient (Wildman–Crippen LogP) is 4.41. The topological polar surface area (TPSA) is 79.3 Å². The number of ether oxygens (including phenoxy) is 2. The number of hydrogen-bond donors (Lipinski definition) is 1. The zero-order chi connectivity index (χ0) is 25.4. The molecule has 1 amide bonds. The number of Topliss-reactive ketones (excluding diaryl/α,β-unsaturated/α-hetero) is 1. The summed E-state index contributed by atoms with van der Waals surface area (Å²) in [6.45, 7) is 13.2. The molecule has 0 spiro atoms. The van der Waals surface area contributed by atoms with Gasteiger partial charge in [-0.1, -0.05) is 38.6 Å². The van der Waals surface area contributed by atoms with Crippen LogP contribution in [-0.4, -0.2) is 66.0 Å². The molecule has 2 aromatic rings. The van der Waals surface area contributed by atoms with E-state index >= 15 is 0 Å². The van der Waals surface area contributed by atoms with Crippen LogP contribution in [0.3, 0.4) is 0 Å². The molecule has 1 saturated heterocycles. The third-order valence-corrected chi connectivity index (χ3v) is 6.09. The number of nitrogens with zero attached hydrogens (tertiary/aromatic N) is 2. The van der Waals surface area contributed by atoms with Gasteiger partial charge in [0.05, 0.1) is 18.2 Å². The molecule has 7 heteroatoms. The molecule has 0 bridgehead atoms. The largest absolute Gasteiger partial charge is 0.507 e. The number of ketones is 1. The van der Waals surface area contributed by atoms with Crippen LogP contribution >= 0.6 is 0 Å². The van der Waals surface area contributed by atoms with Gasteiger partial charge in [-0.05, 0) is 62.0 Å². The molecule has 0 saturated carbocycles. The monoisotopic (exact) mass is 478 g/mol. The number of carbonyl (C=O) groups is 2. The number of benzene rings is 2. The molecular weight excluding hydrogens is 444 g/mol. The van der Waals surface area contributed by atoms with E-state index in [4.69, 9.17) is 9.47 Å². The smallest absolute Gasteiger partial charge is 0.295 e. The van der Waals surface area contributed by atoms with Crippen molar-refractivity contribution in [2.24, 2.45) is 0 Å². The van der Waals surface area contributed by atoms with Crippen molar-refractivity contribution in [1.29, 1.82) is 0 Å². The number of aliphatic hydroxyl groups is 1. The Hall–Kier alpha value is -3.58. The lowest BCUT2D eigenvalue weighted by Gasteiger charge is -2.28. The SMILES string of the molecule is C=CCOc1ccc(C2/C(=C(/O)c3ccc(OCC)cc3)C(=O)C(=O)N2CCN(CC)CC)cc1. The highest BCUT2D eigenvalue weighted by atomic mass is 16.5. The van der Waals surface area contributed by atoms with Crippen molar-refractivity contribution in [1.82, 2.24) is 9.80 Å². The molecular formula is C28H34N2O5. The molecule has 2 aromatic carbocycles. The van der Waals surface area contributed by atoms with Crippen LogP contribution < -0.4 is 9.47 Å². The second-order valence-corrected chi connectivity index (χ2v) is 8.15. The molecule has 1 atom stereocenters. The average molecular weight is 479 g/mol. The maximum absolute atomic E-state index is 13.2. The quantitative estimate of drug-likeness (QED) is 0.211. The number of hydrogen-bond acceptors (Lipinski definition) is 6. The molecule has 1 N–H and O–H groups in total. The van der Waals surface area contributed by atoms with Gasteiger partial charge in [-0.2, -0.15) is 0 Å². The van der Waals surface area contributed by atoms with E-state index in [1.807, 2.05) is 19.1 Å². The Morgan fingerprint density at radius 2 is 1.60 bits per heavy atom. The Labute approximate surface area is 207 Å². The van der Waals surface area contributed by atoms with Gasteiger partial charge in [0.2, 0.25) is 0 Å². The molecule has 0 radical (unpaired) electrons. The molecule has 1 aliphatic heterocycles. The summed E-state index contributed by atoms with van der Waals surface area (Å²) >= 11 is 0. The van der Waals surface area contributed by atoms with Gasteiger partial charge in [0.25, 0.3) is 11.7 Å². The fraction of sp³-hybridized carbons (Fsp3) is 0.357. The van der Waals surface area contributed by atoms with Crippen LogP contribution in [0.5, 0.6) is 11.5 Å². The van der Waals surface area contributed by atoms with E-state index in [9.17, 15) is 14.7 Å². The Bertz CT molecular complexity index is 1060. The summed E-state index contributed by atoms with van der Waals surface area (Å²) in [5, 5.41) is 11.2. The van der Waals surface area contributed by atoms with Gasteiger partial charge in [0.15, 0.2) is 0 Å². The number of likely N-dealkylation sites (tertiary alicyclic amines) is 1. The molecule has 1 heterocycles. The summed E-state index contributed by atoms with van der Waals surface area (Å²) in [7, 11) is 0. The summed E-state index contributed by atoms with van der Waals surface area (Å²) in [5.41, 5.74) is 1.26. The van der Waals surface area contributed by atoms with E-state index in [1.54, 1.807) is 47.4 Å². The first kappa shape index (κ1) is 26.0. The summed E-state index contributed by atoms with van der Waals surface area (Å²) in [6, 6.07) is 13.4. The van der Waals surface area contributed by atoms with Crippen LogP contribution in [0.2, 0.25) is 0 Å². The lowest BCUT2D eigenvalue weighted by atomic mass is 9.95. The molecule has 3 rings (SSSR count). The van der Waals surface area contributed by atoms with Crippen molar-refractivity contribution in [3.8, 4) is 11.5 Å². The Morgan fingerprint density at radius 1 is 1.00 bits per heavy atom. The highest BCUT2D eigenvalue weighted by molar-refractivity contribution is 6.46. The van der Waals surface area contributed by atoms with Gasteiger partial charge in [-0.15, -0.1) is 0 Å². The third kappa shape index (κ3) is 5.92. The molecule has 1 fully saturated rings. The number of carbonyl (C=O) groups excluding carboxylic acids is 2. The predicted molar refractivity (Wildman–Crippen MR) is 137 cm³/mol. The lowest BCUT2D eigenvalue weighted by Crippen LogP contribution is -2.38. The first-order chi connectivity index (χ1) is 16.9. The molecule has 35 heavy (non-hydrogen) atoms. The van der Waals surface area contributed by atoms with E-state index in [0.717, 1.165) is 18.7 Å². The van der Waals surface area contributed by atoms with Gasteiger partial charge in [-0.3, -0.25) is 9.59 Å². The Balaban J connectivity index is 2.03. The summed E-state index contributed by atoms with van der Waals surface area (Å²) in [4.78, 5) is 30.1. The van der Waals surface area contributed by atoms with E-state index in [2.05, 4.69) is 25.3 Å². The van der Waals surface area contributed by atoms with Crippen LogP contribution in [0, 0.1) is 0 Å². The maximum atomic E-state index is 13.2. The summed E-state index contributed by atoms with van der Waals surface area (Å²) < 4.78 is 11.1. The number of aliphatic hydroxyl groups excluding tert-OH is 1.